The molecule has 4 heteroatoms. The van der Waals surface area contributed by atoms with Crippen LogP contribution in [0.3, 0.4) is 0 Å². The number of para-hydroxylation sites is 1. The van der Waals surface area contributed by atoms with Crippen molar-refractivity contribution in [3.63, 3.8) is 0 Å². The molecule has 0 fully saturated rings. The van der Waals surface area contributed by atoms with Crippen LogP contribution in [-0.2, 0) is 9.47 Å². The number of benzene rings is 1. The average Bonchev–Trinajstić information content (AvgIpc) is 2.49. The number of unbranched alkanes of at least 4 members (excludes halogenated alkanes) is 1. The minimum Gasteiger partial charge on any atom is -0.492 e. The van der Waals surface area contributed by atoms with Gasteiger partial charge in [-0.2, -0.15) is 5.26 Å². The number of nitrogens with zero attached hydrogens (tertiary/aromatic N) is 1. The minimum absolute atomic E-state index is 0.551. The summed E-state index contributed by atoms with van der Waals surface area (Å²) in [5.74, 6) is 0.637. The fraction of sp³-hybridized carbons (Fsp3) is 0.562. The Bertz CT molecular complexity index is 401. The molecule has 4 nitrogen and oxygen atoms in total. The molecule has 110 valence electrons. The molecule has 1 rings (SSSR count). The van der Waals surface area contributed by atoms with Crippen molar-refractivity contribution in [1.82, 2.24) is 0 Å². The first-order valence-electron chi connectivity index (χ1n) is 7.16. The molecular weight excluding hydrogens is 254 g/mol. The van der Waals surface area contributed by atoms with E-state index in [1.165, 1.54) is 0 Å². The largest absolute Gasteiger partial charge is 0.492 e. The fourth-order valence-electron chi connectivity index (χ4n) is 1.60. The molecule has 0 atom stereocenters. The molecule has 0 saturated carbocycles. The van der Waals surface area contributed by atoms with Gasteiger partial charge in [0.05, 0.1) is 25.4 Å². The van der Waals surface area contributed by atoms with E-state index in [1.54, 1.807) is 12.1 Å². The normalized spacial score (nSPS) is 10.2. The predicted octanol–water partition coefficient (Wildman–Crippen LogP) is 3.16. The maximum Gasteiger partial charge on any atom is 0.137 e. The summed E-state index contributed by atoms with van der Waals surface area (Å²) < 4.78 is 16.4. The topological polar surface area (TPSA) is 51.5 Å². The molecule has 0 aliphatic carbocycles. The van der Waals surface area contributed by atoms with E-state index >= 15 is 0 Å². The zero-order chi connectivity index (χ0) is 14.5. The first-order chi connectivity index (χ1) is 9.88. The summed E-state index contributed by atoms with van der Waals surface area (Å²) in [6, 6.07) is 9.35. The number of hydrogen-bond acceptors (Lipinski definition) is 4. The lowest BCUT2D eigenvalue weighted by Gasteiger charge is -2.08. The van der Waals surface area contributed by atoms with E-state index in [9.17, 15) is 0 Å². The lowest BCUT2D eigenvalue weighted by Crippen LogP contribution is -2.08. The first-order valence-corrected chi connectivity index (χ1v) is 7.16. The van der Waals surface area contributed by atoms with Gasteiger partial charge in [-0.25, -0.2) is 0 Å². The van der Waals surface area contributed by atoms with Crippen LogP contribution in [0.1, 0.15) is 31.7 Å². The maximum absolute atomic E-state index is 8.91. The predicted molar refractivity (Wildman–Crippen MR) is 77.8 cm³/mol. The summed E-state index contributed by atoms with van der Waals surface area (Å²) in [5.41, 5.74) is 0.567. The third-order valence-corrected chi connectivity index (χ3v) is 2.71. The Morgan fingerprint density at radius 3 is 2.35 bits per heavy atom. The van der Waals surface area contributed by atoms with Crippen molar-refractivity contribution in [2.24, 2.45) is 0 Å². The van der Waals surface area contributed by atoms with Crippen LogP contribution in [0.15, 0.2) is 24.3 Å². The van der Waals surface area contributed by atoms with Gasteiger partial charge in [-0.3, -0.25) is 0 Å². The van der Waals surface area contributed by atoms with Crippen molar-refractivity contribution < 1.29 is 14.2 Å². The van der Waals surface area contributed by atoms with Crippen molar-refractivity contribution in [3.05, 3.63) is 29.8 Å². The van der Waals surface area contributed by atoms with Gasteiger partial charge in [0, 0.05) is 19.6 Å². The molecule has 0 heterocycles. The third-order valence-electron chi connectivity index (χ3n) is 2.71. The highest BCUT2D eigenvalue weighted by atomic mass is 16.5. The summed E-state index contributed by atoms with van der Waals surface area (Å²) in [6.07, 6.45) is 3.06. The smallest absolute Gasteiger partial charge is 0.137 e. The van der Waals surface area contributed by atoms with E-state index in [1.807, 2.05) is 12.1 Å². The van der Waals surface area contributed by atoms with Gasteiger partial charge in [-0.1, -0.05) is 25.5 Å². The fourth-order valence-corrected chi connectivity index (χ4v) is 1.60. The molecule has 0 radical (unpaired) electrons. The zero-order valence-electron chi connectivity index (χ0n) is 12.1. The minimum atomic E-state index is 0.551. The van der Waals surface area contributed by atoms with Gasteiger partial charge in [-0.05, 0) is 18.6 Å². The number of hydrogen-bond donors (Lipinski definition) is 0. The second-order valence-electron chi connectivity index (χ2n) is 4.39. The van der Waals surface area contributed by atoms with E-state index in [2.05, 4.69) is 13.0 Å². The van der Waals surface area contributed by atoms with Gasteiger partial charge in [-0.15, -0.1) is 0 Å². The molecule has 0 aliphatic heterocycles. The molecule has 0 saturated heterocycles. The Morgan fingerprint density at radius 2 is 1.65 bits per heavy atom. The summed E-state index contributed by atoms with van der Waals surface area (Å²) in [4.78, 5) is 0. The molecule has 0 amide bonds. The molecule has 0 spiro atoms. The number of rotatable bonds is 11. The van der Waals surface area contributed by atoms with Crippen LogP contribution < -0.4 is 4.74 Å². The van der Waals surface area contributed by atoms with Crippen LogP contribution in [-0.4, -0.2) is 33.0 Å². The molecule has 0 unspecified atom stereocenters. The maximum atomic E-state index is 8.91. The summed E-state index contributed by atoms with van der Waals surface area (Å²) in [5, 5.41) is 8.91. The van der Waals surface area contributed by atoms with Gasteiger partial charge >= 0.3 is 0 Å². The van der Waals surface area contributed by atoms with Crippen molar-refractivity contribution in [1.29, 1.82) is 5.26 Å². The third kappa shape index (κ3) is 7.13. The first kappa shape index (κ1) is 16.5. The molecule has 0 aliphatic rings. The summed E-state index contributed by atoms with van der Waals surface area (Å²) in [6.45, 7) is 5.43. The van der Waals surface area contributed by atoms with E-state index in [0.717, 1.165) is 25.9 Å². The van der Waals surface area contributed by atoms with E-state index < -0.39 is 0 Å². The van der Waals surface area contributed by atoms with Gasteiger partial charge in [0.1, 0.15) is 11.8 Å². The Balaban J connectivity index is 1.98. The van der Waals surface area contributed by atoms with Gasteiger partial charge < -0.3 is 14.2 Å². The van der Waals surface area contributed by atoms with E-state index in [-0.39, 0.29) is 0 Å². The monoisotopic (exact) mass is 277 g/mol. The average molecular weight is 277 g/mol. The summed E-state index contributed by atoms with van der Waals surface area (Å²) >= 11 is 0. The Labute approximate surface area is 121 Å². The van der Waals surface area contributed by atoms with Gasteiger partial charge in [0.2, 0.25) is 0 Å². The number of nitriles is 1. The van der Waals surface area contributed by atoms with Crippen LogP contribution in [0.2, 0.25) is 0 Å². The molecular formula is C16H23NO3. The highest BCUT2D eigenvalue weighted by Gasteiger charge is 2.00. The zero-order valence-corrected chi connectivity index (χ0v) is 12.1. The van der Waals surface area contributed by atoms with E-state index in [0.29, 0.717) is 37.7 Å². The van der Waals surface area contributed by atoms with Crippen molar-refractivity contribution in [3.8, 4) is 11.8 Å². The van der Waals surface area contributed by atoms with E-state index in [4.69, 9.17) is 19.5 Å². The van der Waals surface area contributed by atoms with Crippen molar-refractivity contribution in [2.45, 2.75) is 26.2 Å². The Morgan fingerprint density at radius 1 is 0.950 bits per heavy atom. The Kier molecular flexibility index (Phi) is 9.29. The van der Waals surface area contributed by atoms with Crippen LogP contribution >= 0.6 is 0 Å². The Hall–Kier alpha value is -1.57. The molecule has 0 N–H and O–H groups in total. The second-order valence-corrected chi connectivity index (χ2v) is 4.39. The lowest BCUT2D eigenvalue weighted by atomic mass is 10.2. The van der Waals surface area contributed by atoms with Crippen LogP contribution in [0.5, 0.6) is 5.75 Å². The highest BCUT2D eigenvalue weighted by molar-refractivity contribution is 5.42. The van der Waals surface area contributed by atoms with Crippen LogP contribution in [0, 0.1) is 11.3 Å². The van der Waals surface area contributed by atoms with Crippen LogP contribution in [0.25, 0.3) is 0 Å². The second kappa shape index (κ2) is 11.3. The summed E-state index contributed by atoms with van der Waals surface area (Å²) in [7, 11) is 0. The highest BCUT2D eigenvalue weighted by Crippen LogP contribution is 2.16. The lowest BCUT2D eigenvalue weighted by molar-refractivity contribution is 0.0426. The molecule has 0 bridgehead atoms. The SMILES string of the molecule is CCCCOCCOCCCOc1ccccc1C#N. The van der Waals surface area contributed by atoms with Gasteiger partial charge in [0.25, 0.3) is 0 Å². The van der Waals surface area contributed by atoms with Crippen LogP contribution in [0.4, 0.5) is 0 Å². The molecule has 1 aromatic carbocycles. The molecule has 0 aromatic heterocycles. The van der Waals surface area contributed by atoms with Crippen molar-refractivity contribution in [2.75, 3.05) is 33.0 Å². The van der Waals surface area contributed by atoms with Crippen molar-refractivity contribution >= 4 is 0 Å². The molecule has 20 heavy (non-hydrogen) atoms. The molecule has 1 aromatic rings. The standard InChI is InChI=1S/C16H23NO3/c1-2-3-9-18-12-13-19-10-6-11-20-16-8-5-4-7-15(16)14-17/h4-5,7-8H,2-3,6,9-13H2,1H3. The number of ether oxygens (including phenoxy) is 3. The van der Waals surface area contributed by atoms with Gasteiger partial charge in [0.15, 0.2) is 0 Å². The quantitative estimate of drug-likeness (QED) is 0.583.